The number of hydrogen-bond donors (Lipinski definition) is 1. The normalized spacial score (nSPS) is 13.3. The van der Waals surface area contributed by atoms with Crippen LogP contribution in [0.1, 0.15) is 12.5 Å². The van der Waals surface area contributed by atoms with Crippen molar-refractivity contribution in [3.8, 4) is 0 Å². The van der Waals surface area contributed by atoms with E-state index in [9.17, 15) is 0 Å². The first-order chi connectivity index (χ1) is 6.79. The summed E-state index contributed by atoms with van der Waals surface area (Å²) in [5, 5.41) is 3.25. The van der Waals surface area contributed by atoms with Crippen molar-refractivity contribution in [3.63, 3.8) is 0 Å². The van der Waals surface area contributed by atoms with Gasteiger partial charge in [-0.3, -0.25) is 0 Å². The van der Waals surface area contributed by atoms with Crippen molar-refractivity contribution >= 4 is 5.52 Å². The second-order valence-electron chi connectivity index (χ2n) is 3.77. The maximum absolute atomic E-state index is 3.25. The average molecular weight is 188 g/mol. The monoisotopic (exact) mass is 188 g/mol. The molecule has 2 aromatic heterocycles. The predicted octanol–water partition coefficient (Wildman–Crippen LogP) is 2.09. The van der Waals surface area contributed by atoms with Gasteiger partial charge in [0.05, 0.1) is 0 Å². The Balaban J connectivity index is 2.25. The summed E-state index contributed by atoms with van der Waals surface area (Å²) >= 11 is 0. The van der Waals surface area contributed by atoms with Gasteiger partial charge in [0.2, 0.25) is 0 Å². The highest BCUT2D eigenvalue weighted by Gasteiger charge is 2.01. The molecule has 0 aliphatic carbocycles. The van der Waals surface area contributed by atoms with Crippen LogP contribution >= 0.6 is 0 Å². The number of nitrogens with zero attached hydrogens (tertiary/aromatic N) is 1. The first-order valence-corrected chi connectivity index (χ1v) is 5.02. The molecule has 0 saturated carbocycles. The van der Waals surface area contributed by atoms with Crippen LogP contribution in [0.2, 0.25) is 0 Å². The molecule has 1 unspecified atom stereocenters. The standard InChI is InChI=1S/C12H16N2/c1-10(13-2)8-11-5-6-12-4-3-7-14(12)9-11/h3-7,9-10,13H,8H2,1-2H3. The van der Waals surface area contributed by atoms with Gasteiger partial charge in [0, 0.05) is 24.0 Å². The van der Waals surface area contributed by atoms with Crippen LogP contribution in [0.4, 0.5) is 0 Å². The number of nitrogens with one attached hydrogen (secondary N) is 1. The Hall–Kier alpha value is -1.28. The minimum Gasteiger partial charge on any atom is -0.324 e. The summed E-state index contributed by atoms with van der Waals surface area (Å²) in [6.45, 7) is 2.19. The fourth-order valence-electron chi connectivity index (χ4n) is 1.66. The number of pyridine rings is 1. The molecule has 2 nitrogen and oxygen atoms in total. The van der Waals surface area contributed by atoms with Crippen LogP contribution in [0, 0.1) is 0 Å². The van der Waals surface area contributed by atoms with Crippen LogP contribution in [0.15, 0.2) is 36.7 Å². The maximum atomic E-state index is 3.25. The van der Waals surface area contributed by atoms with Crippen LogP contribution in [0.3, 0.4) is 0 Å². The predicted molar refractivity (Wildman–Crippen MR) is 59.6 cm³/mol. The van der Waals surface area contributed by atoms with Gasteiger partial charge < -0.3 is 9.72 Å². The number of hydrogen-bond acceptors (Lipinski definition) is 1. The largest absolute Gasteiger partial charge is 0.324 e. The molecule has 2 aromatic rings. The molecule has 0 aliphatic heterocycles. The Morgan fingerprint density at radius 1 is 1.36 bits per heavy atom. The molecule has 0 fully saturated rings. The lowest BCUT2D eigenvalue weighted by atomic mass is 10.1. The highest BCUT2D eigenvalue weighted by Crippen LogP contribution is 2.08. The summed E-state index contributed by atoms with van der Waals surface area (Å²) in [6, 6.07) is 9.08. The van der Waals surface area contributed by atoms with E-state index in [-0.39, 0.29) is 0 Å². The molecule has 1 N–H and O–H groups in total. The molecular formula is C12H16N2. The Bertz CT molecular complexity index is 417. The second-order valence-corrected chi connectivity index (χ2v) is 3.77. The average Bonchev–Trinajstić information content (AvgIpc) is 2.64. The Kier molecular flexibility index (Phi) is 2.55. The molecule has 2 rings (SSSR count). The number of rotatable bonds is 3. The molecular weight excluding hydrogens is 172 g/mol. The Morgan fingerprint density at radius 2 is 2.21 bits per heavy atom. The SMILES string of the molecule is CNC(C)Cc1ccc2cccn2c1. The van der Waals surface area contributed by atoms with Crippen molar-refractivity contribution in [1.29, 1.82) is 0 Å². The molecule has 74 valence electrons. The number of likely N-dealkylation sites (N-methyl/N-ethyl adjacent to an activating group) is 1. The van der Waals surface area contributed by atoms with Crippen molar-refractivity contribution in [2.24, 2.45) is 0 Å². The third kappa shape index (κ3) is 1.80. The molecule has 2 heteroatoms. The van der Waals surface area contributed by atoms with Crippen LogP contribution in [0.5, 0.6) is 0 Å². The van der Waals surface area contributed by atoms with Crippen molar-refractivity contribution < 1.29 is 0 Å². The summed E-state index contributed by atoms with van der Waals surface area (Å²) in [5.74, 6) is 0. The van der Waals surface area contributed by atoms with E-state index in [4.69, 9.17) is 0 Å². The van der Waals surface area contributed by atoms with Gasteiger partial charge in [-0.2, -0.15) is 0 Å². The molecule has 0 bridgehead atoms. The summed E-state index contributed by atoms with van der Waals surface area (Å²) in [5.41, 5.74) is 2.63. The second kappa shape index (κ2) is 3.84. The van der Waals surface area contributed by atoms with Gasteiger partial charge in [-0.15, -0.1) is 0 Å². The lowest BCUT2D eigenvalue weighted by Crippen LogP contribution is -2.23. The first kappa shape index (κ1) is 9.28. The van der Waals surface area contributed by atoms with Gasteiger partial charge in [-0.1, -0.05) is 6.07 Å². The molecule has 0 aromatic carbocycles. The quantitative estimate of drug-likeness (QED) is 0.780. The van der Waals surface area contributed by atoms with Gasteiger partial charge in [-0.05, 0) is 44.2 Å². The summed E-state index contributed by atoms with van der Waals surface area (Å²) in [6.07, 6.45) is 5.36. The third-order valence-corrected chi connectivity index (χ3v) is 2.62. The van der Waals surface area contributed by atoms with Crippen LogP contribution in [0.25, 0.3) is 5.52 Å². The maximum Gasteiger partial charge on any atom is 0.0450 e. The van der Waals surface area contributed by atoms with E-state index in [0.717, 1.165) is 6.42 Å². The molecule has 14 heavy (non-hydrogen) atoms. The van der Waals surface area contributed by atoms with Crippen LogP contribution < -0.4 is 5.32 Å². The van der Waals surface area contributed by atoms with Gasteiger partial charge in [0.25, 0.3) is 0 Å². The third-order valence-electron chi connectivity index (χ3n) is 2.62. The van der Waals surface area contributed by atoms with Gasteiger partial charge in [0.1, 0.15) is 0 Å². The highest BCUT2D eigenvalue weighted by molar-refractivity contribution is 5.48. The lowest BCUT2D eigenvalue weighted by molar-refractivity contribution is 0.607. The topological polar surface area (TPSA) is 16.4 Å². The van der Waals surface area contributed by atoms with Crippen molar-refractivity contribution in [2.75, 3.05) is 7.05 Å². The van der Waals surface area contributed by atoms with Crippen LogP contribution in [-0.2, 0) is 6.42 Å². The Labute approximate surface area is 84.6 Å². The molecule has 0 saturated heterocycles. The lowest BCUT2D eigenvalue weighted by Gasteiger charge is -2.10. The smallest absolute Gasteiger partial charge is 0.0450 e. The molecule has 2 heterocycles. The van der Waals surface area contributed by atoms with Crippen LogP contribution in [-0.4, -0.2) is 17.5 Å². The van der Waals surface area contributed by atoms with E-state index in [0.29, 0.717) is 6.04 Å². The van der Waals surface area contributed by atoms with Gasteiger partial charge in [-0.25, -0.2) is 0 Å². The van der Waals surface area contributed by atoms with Crippen molar-refractivity contribution in [2.45, 2.75) is 19.4 Å². The molecule has 0 radical (unpaired) electrons. The van der Waals surface area contributed by atoms with E-state index < -0.39 is 0 Å². The zero-order valence-corrected chi connectivity index (χ0v) is 8.70. The fraction of sp³-hybridized carbons (Fsp3) is 0.333. The number of aromatic nitrogens is 1. The minimum absolute atomic E-state index is 0.531. The number of fused-ring (bicyclic) bond motifs is 1. The van der Waals surface area contributed by atoms with E-state index >= 15 is 0 Å². The summed E-state index contributed by atoms with van der Waals surface area (Å²) in [4.78, 5) is 0. The molecule has 0 spiro atoms. The van der Waals surface area contributed by atoms with Crippen molar-refractivity contribution in [1.82, 2.24) is 9.72 Å². The van der Waals surface area contributed by atoms with Gasteiger partial charge in [0.15, 0.2) is 0 Å². The van der Waals surface area contributed by atoms with E-state index in [1.807, 2.05) is 7.05 Å². The van der Waals surface area contributed by atoms with E-state index in [1.165, 1.54) is 11.1 Å². The zero-order chi connectivity index (χ0) is 9.97. The zero-order valence-electron chi connectivity index (χ0n) is 8.70. The van der Waals surface area contributed by atoms with E-state index in [1.54, 1.807) is 0 Å². The molecule has 0 aliphatic rings. The summed E-state index contributed by atoms with van der Waals surface area (Å²) in [7, 11) is 2.00. The Morgan fingerprint density at radius 3 is 3.00 bits per heavy atom. The fourth-order valence-corrected chi connectivity index (χ4v) is 1.66. The highest BCUT2D eigenvalue weighted by atomic mass is 14.9. The summed E-state index contributed by atoms with van der Waals surface area (Å²) < 4.78 is 2.16. The first-order valence-electron chi connectivity index (χ1n) is 5.02. The van der Waals surface area contributed by atoms with Gasteiger partial charge >= 0.3 is 0 Å². The molecule has 0 amide bonds. The molecule has 1 atom stereocenters. The van der Waals surface area contributed by atoms with E-state index in [2.05, 4.69) is 53.3 Å². The van der Waals surface area contributed by atoms with Crippen molar-refractivity contribution in [3.05, 3.63) is 42.2 Å². The minimum atomic E-state index is 0.531.